The van der Waals surface area contributed by atoms with Crippen molar-refractivity contribution in [2.75, 3.05) is 0 Å². The molecule has 0 amide bonds. The van der Waals surface area contributed by atoms with Gasteiger partial charge in [-0.1, -0.05) is 38.1 Å². The molecule has 0 aliphatic heterocycles. The number of hydrogen-bond donors (Lipinski definition) is 1. The molecule has 0 saturated heterocycles. The Morgan fingerprint density at radius 1 is 1.31 bits per heavy atom. The van der Waals surface area contributed by atoms with Gasteiger partial charge in [-0.3, -0.25) is 4.79 Å². The normalized spacial score (nSPS) is 13.5. The van der Waals surface area contributed by atoms with Gasteiger partial charge in [-0.05, 0) is 37.3 Å². The summed E-state index contributed by atoms with van der Waals surface area (Å²) in [6.45, 7) is 7.79. The van der Waals surface area contributed by atoms with Gasteiger partial charge >= 0.3 is 5.97 Å². The van der Waals surface area contributed by atoms with E-state index in [2.05, 4.69) is 13.8 Å². The van der Waals surface area contributed by atoms with Crippen molar-refractivity contribution in [1.29, 1.82) is 0 Å². The molecule has 0 bridgehead atoms. The summed E-state index contributed by atoms with van der Waals surface area (Å²) in [5.74, 6) is -0.259. The van der Waals surface area contributed by atoms with Crippen LogP contribution in [0, 0.1) is 0 Å². The minimum atomic E-state index is -0.812. The lowest BCUT2D eigenvalue weighted by atomic mass is 9.83. The van der Waals surface area contributed by atoms with Crippen LogP contribution in [0.25, 0.3) is 0 Å². The summed E-state index contributed by atoms with van der Waals surface area (Å²) in [5, 5.41) is 9.12. The Morgan fingerprint density at radius 3 is 2.19 bits per heavy atom. The third kappa shape index (κ3) is 2.43. The number of carbonyl (C=O) groups is 1. The fourth-order valence-electron chi connectivity index (χ4n) is 1.59. The lowest BCUT2D eigenvalue weighted by Gasteiger charge is -2.20. The van der Waals surface area contributed by atoms with Crippen LogP contribution in [-0.4, -0.2) is 11.1 Å². The maximum Gasteiger partial charge on any atom is 0.313 e. The van der Waals surface area contributed by atoms with E-state index in [1.165, 1.54) is 5.56 Å². The highest BCUT2D eigenvalue weighted by molar-refractivity contribution is 5.80. The third-order valence-corrected chi connectivity index (χ3v) is 3.35. The maximum absolute atomic E-state index is 11.1. The Hall–Kier alpha value is -1.31. The van der Waals surface area contributed by atoms with Crippen LogP contribution in [0.4, 0.5) is 0 Å². The van der Waals surface area contributed by atoms with Crippen molar-refractivity contribution < 1.29 is 9.90 Å². The summed E-state index contributed by atoms with van der Waals surface area (Å²) in [4.78, 5) is 11.1. The molecule has 0 radical (unpaired) electrons. The number of carboxylic acid groups (broad SMARTS) is 1. The molecule has 0 fully saturated rings. The molecule has 1 rings (SSSR count). The molecule has 1 N–H and O–H groups in total. The van der Waals surface area contributed by atoms with Gasteiger partial charge in [0.25, 0.3) is 0 Å². The van der Waals surface area contributed by atoms with E-state index in [1.807, 2.05) is 24.3 Å². The van der Waals surface area contributed by atoms with Crippen molar-refractivity contribution in [3.05, 3.63) is 35.4 Å². The van der Waals surface area contributed by atoms with Crippen molar-refractivity contribution in [2.45, 2.75) is 45.4 Å². The average molecular weight is 220 g/mol. The van der Waals surface area contributed by atoms with E-state index in [4.69, 9.17) is 5.11 Å². The molecule has 2 nitrogen and oxygen atoms in total. The van der Waals surface area contributed by atoms with Crippen LogP contribution in [0.1, 0.15) is 51.2 Å². The van der Waals surface area contributed by atoms with E-state index in [0.29, 0.717) is 5.92 Å². The van der Waals surface area contributed by atoms with Crippen LogP contribution >= 0.6 is 0 Å². The van der Waals surface area contributed by atoms with E-state index in [0.717, 1.165) is 12.0 Å². The Bertz CT molecular complexity index is 363. The van der Waals surface area contributed by atoms with Crippen molar-refractivity contribution in [3.63, 3.8) is 0 Å². The van der Waals surface area contributed by atoms with Gasteiger partial charge in [0.2, 0.25) is 0 Å². The summed E-state index contributed by atoms with van der Waals surface area (Å²) in [6.07, 6.45) is 1.10. The fraction of sp³-hybridized carbons (Fsp3) is 0.500. The highest BCUT2D eigenvalue weighted by Gasteiger charge is 2.29. The van der Waals surface area contributed by atoms with Crippen LogP contribution < -0.4 is 0 Å². The number of benzene rings is 1. The Balaban J connectivity index is 2.99. The van der Waals surface area contributed by atoms with Gasteiger partial charge < -0.3 is 5.11 Å². The summed E-state index contributed by atoms with van der Waals surface area (Å²) < 4.78 is 0. The fourth-order valence-corrected chi connectivity index (χ4v) is 1.59. The number of aliphatic carboxylic acids is 1. The second-order valence-electron chi connectivity index (χ2n) is 4.86. The maximum atomic E-state index is 11.1. The molecule has 0 saturated carbocycles. The van der Waals surface area contributed by atoms with Crippen LogP contribution in [0.2, 0.25) is 0 Å². The molecule has 1 aromatic carbocycles. The van der Waals surface area contributed by atoms with E-state index in [1.54, 1.807) is 13.8 Å². The molecule has 0 spiro atoms. The summed E-state index contributed by atoms with van der Waals surface area (Å²) in [5.41, 5.74) is 1.31. The number of hydrogen-bond acceptors (Lipinski definition) is 1. The second-order valence-corrected chi connectivity index (χ2v) is 4.86. The van der Waals surface area contributed by atoms with Gasteiger partial charge in [0.15, 0.2) is 0 Å². The number of carboxylic acids is 1. The van der Waals surface area contributed by atoms with Crippen molar-refractivity contribution >= 4 is 5.97 Å². The Morgan fingerprint density at radius 2 is 1.81 bits per heavy atom. The van der Waals surface area contributed by atoms with Gasteiger partial charge in [0, 0.05) is 0 Å². The first-order chi connectivity index (χ1) is 7.39. The molecule has 0 aromatic heterocycles. The molecule has 0 aliphatic carbocycles. The smallest absolute Gasteiger partial charge is 0.313 e. The summed E-state index contributed by atoms with van der Waals surface area (Å²) >= 11 is 0. The predicted molar refractivity (Wildman–Crippen MR) is 65.8 cm³/mol. The van der Waals surface area contributed by atoms with Gasteiger partial charge in [0.05, 0.1) is 5.41 Å². The minimum Gasteiger partial charge on any atom is -0.481 e. The zero-order valence-electron chi connectivity index (χ0n) is 10.4. The van der Waals surface area contributed by atoms with Gasteiger partial charge in [0.1, 0.15) is 0 Å². The quantitative estimate of drug-likeness (QED) is 0.842. The molecular formula is C14H20O2. The summed E-state index contributed by atoms with van der Waals surface area (Å²) in [6, 6.07) is 7.92. The standard InChI is InChI=1S/C14H20O2/c1-5-10(2)11-6-8-12(9-7-11)14(3,4)13(15)16/h6-10H,5H2,1-4H3,(H,15,16). The largest absolute Gasteiger partial charge is 0.481 e. The topological polar surface area (TPSA) is 37.3 Å². The van der Waals surface area contributed by atoms with Gasteiger partial charge in [-0.25, -0.2) is 0 Å². The van der Waals surface area contributed by atoms with Crippen molar-refractivity contribution in [1.82, 2.24) is 0 Å². The Kier molecular flexibility index (Phi) is 3.74. The molecule has 88 valence electrons. The first-order valence-electron chi connectivity index (χ1n) is 5.73. The Labute approximate surface area is 97.3 Å². The van der Waals surface area contributed by atoms with Gasteiger partial charge in [-0.2, -0.15) is 0 Å². The molecular weight excluding hydrogens is 200 g/mol. The SMILES string of the molecule is CCC(C)c1ccc(C(C)(C)C(=O)O)cc1. The monoisotopic (exact) mass is 220 g/mol. The molecule has 1 atom stereocenters. The highest BCUT2D eigenvalue weighted by Crippen LogP contribution is 2.26. The third-order valence-electron chi connectivity index (χ3n) is 3.35. The van der Waals surface area contributed by atoms with E-state index < -0.39 is 11.4 Å². The molecule has 1 aromatic rings. The second kappa shape index (κ2) is 4.69. The zero-order valence-corrected chi connectivity index (χ0v) is 10.4. The molecule has 0 aliphatic rings. The lowest BCUT2D eigenvalue weighted by molar-refractivity contribution is -0.142. The zero-order chi connectivity index (χ0) is 12.3. The van der Waals surface area contributed by atoms with Gasteiger partial charge in [-0.15, -0.1) is 0 Å². The molecule has 2 heteroatoms. The average Bonchev–Trinajstić information content (AvgIpc) is 2.28. The van der Waals surface area contributed by atoms with Crippen molar-refractivity contribution in [3.8, 4) is 0 Å². The first kappa shape index (κ1) is 12.8. The predicted octanol–water partition coefficient (Wildman–Crippen LogP) is 3.56. The first-order valence-corrected chi connectivity index (χ1v) is 5.73. The van der Waals surface area contributed by atoms with Crippen LogP contribution in [0.15, 0.2) is 24.3 Å². The lowest BCUT2D eigenvalue weighted by Crippen LogP contribution is -2.28. The molecule has 16 heavy (non-hydrogen) atoms. The van der Waals surface area contributed by atoms with E-state index in [-0.39, 0.29) is 0 Å². The van der Waals surface area contributed by atoms with E-state index >= 15 is 0 Å². The highest BCUT2D eigenvalue weighted by atomic mass is 16.4. The van der Waals surface area contributed by atoms with Crippen molar-refractivity contribution in [2.24, 2.45) is 0 Å². The molecule has 0 heterocycles. The number of rotatable bonds is 4. The van der Waals surface area contributed by atoms with Crippen LogP contribution in [-0.2, 0) is 10.2 Å². The van der Waals surface area contributed by atoms with Crippen LogP contribution in [0.3, 0.4) is 0 Å². The minimum absolute atomic E-state index is 0.530. The summed E-state index contributed by atoms with van der Waals surface area (Å²) in [7, 11) is 0. The van der Waals surface area contributed by atoms with E-state index in [9.17, 15) is 4.79 Å². The molecule has 1 unspecified atom stereocenters. The van der Waals surface area contributed by atoms with Crippen LogP contribution in [0.5, 0.6) is 0 Å².